The smallest absolute Gasteiger partial charge is 0.202 e. The lowest BCUT2D eigenvalue weighted by atomic mass is 10.1. The van der Waals surface area contributed by atoms with Gasteiger partial charge in [-0.25, -0.2) is 0 Å². The summed E-state index contributed by atoms with van der Waals surface area (Å²) in [5.41, 5.74) is 3.03. The second-order valence-corrected chi connectivity index (χ2v) is 5.22. The van der Waals surface area contributed by atoms with Gasteiger partial charge in [0.25, 0.3) is 0 Å². The summed E-state index contributed by atoms with van der Waals surface area (Å²) in [4.78, 5) is 12.2. The van der Waals surface area contributed by atoms with E-state index in [0.717, 1.165) is 11.4 Å². The Hall–Kier alpha value is -2.25. The zero-order chi connectivity index (χ0) is 15.6. The summed E-state index contributed by atoms with van der Waals surface area (Å²) in [5, 5.41) is 9.09. The highest BCUT2D eigenvalue weighted by molar-refractivity contribution is 6.32. The van der Waals surface area contributed by atoms with Crippen LogP contribution in [0.5, 0.6) is 5.75 Å². The van der Waals surface area contributed by atoms with E-state index in [2.05, 4.69) is 0 Å². The highest BCUT2D eigenvalue weighted by Crippen LogP contribution is 2.25. The van der Waals surface area contributed by atoms with Crippen molar-refractivity contribution in [3.05, 3.63) is 51.8 Å². The van der Waals surface area contributed by atoms with Crippen molar-refractivity contribution in [3.8, 4) is 11.8 Å². The van der Waals surface area contributed by atoms with Gasteiger partial charge in [0.15, 0.2) is 6.61 Å². The number of carbonyl (C=O) groups excluding carboxylic acids is 1. The van der Waals surface area contributed by atoms with Crippen molar-refractivity contribution in [2.75, 3.05) is 6.61 Å². The molecule has 0 N–H and O–H groups in total. The fourth-order valence-electron chi connectivity index (χ4n) is 2.05. The van der Waals surface area contributed by atoms with Crippen molar-refractivity contribution in [3.63, 3.8) is 0 Å². The zero-order valence-electron chi connectivity index (χ0n) is 12.1. The first-order valence-electron chi connectivity index (χ1n) is 6.42. The minimum atomic E-state index is -0.100. The number of benzene rings is 1. The van der Waals surface area contributed by atoms with Crippen molar-refractivity contribution < 1.29 is 9.53 Å². The molecule has 0 aliphatic carbocycles. The van der Waals surface area contributed by atoms with Crippen LogP contribution in [0.15, 0.2) is 24.3 Å². The molecule has 0 bridgehead atoms. The van der Waals surface area contributed by atoms with Crippen molar-refractivity contribution in [2.24, 2.45) is 7.05 Å². The predicted octanol–water partition coefficient (Wildman–Crippen LogP) is 3.43. The molecule has 5 heteroatoms. The fraction of sp³-hybridized carbons (Fsp3) is 0.250. The van der Waals surface area contributed by atoms with Gasteiger partial charge in [0.1, 0.15) is 5.75 Å². The number of carbonyl (C=O) groups is 1. The number of aryl methyl sites for hydroxylation is 1. The van der Waals surface area contributed by atoms with Gasteiger partial charge in [0.05, 0.1) is 16.7 Å². The molecular formula is C16H15ClN2O2. The van der Waals surface area contributed by atoms with E-state index in [4.69, 9.17) is 21.6 Å². The molecule has 0 saturated heterocycles. The van der Waals surface area contributed by atoms with Crippen LogP contribution in [-0.2, 0) is 7.05 Å². The van der Waals surface area contributed by atoms with Crippen LogP contribution in [0.25, 0.3) is 0 Å². The number of nitriles is 1. The lowest BCUT2D eigenvalue weighted by molar-refractivity contribution is 0.0921. The largest absolute Gasteiger partial charge is 0.484 e. The number of ketones is 1. The minimum absolute atomic E-state index is 0.0874. The van der Waals surface area contributed by atoms with Gasteiger partial charge in [-0.15, -0.1) is 0 Å². The van der Waals surface area contributed by atoms with E-state index in [1.54, 1.807) is 12.1 Å². The number of nitrogens with zero attached hydrogens (tertiary/aromatic N) is 2. The number of halogens is 1. The molecule has 2 rings (SSSR count). The third-order valence-electron chi connectivity index (χ3n) is 3.50. The topological polar surface area (TPSA) is 55.0 Å². The Balaban J connectivity index is 2.11. The molecule has 0 unspecified atom stereocenters. The van der Waals surface area contributed by atoms with Crippen LogP contribution in [0.1, 0.15) is 27.3 Å². The maximum atomic E-state index is 12.2. The molecule has 1 aromatic carbocycles. The van der Waals surface area contributed by atoms with E-state index in [1.807, 2.05) is 37.6 Å². The summed E-state index contributed by atoms with van der Waals surface area (Å²) in [7, 11) is 1.92. The summed E-state index contributed by atoms with van der Waals surface area (Å²) >= 11 is 6.01. The third kappa shape index (κ3) is 3.09. The van der Waals surface area contributed by atoms with Crippen LogP contribution in [0.4, 0.5) is 0 Å². The number of hydrogen-bond acceptors (Lipinski definition) is 3. The molecule has 4 nitrogen and oxygen atoms in total. The first kappa shape index (κ1) is 15.1. The lowest BCUT2D eigenvalue weighted by Crippen LogP contribution is -2.12. The van der Waals surface area contributed by atoms with Gasteiger partial charge >= 0.3 is 0 Å². The Morgan fingerprint density at radius 3 is 2.62 bits per heavy atom. The molecular weight excluding hydrogens is 288 g/mol. The molecule has 0 fully saturated rings. The number of hydrogen-bond donors (Lipinski definition) is 0. The molecule has 0 aliphatic rings. The number of Topliss-reactive ketones (excluding diaryl/α,β-unsaturated/α-hetero) is 1. The number of aromatic nitrogens is 1. The van der Waals surface area contributed by atoms with E-state index in [-0.39, 0.29) is 12.4 Å². The average Bonchev–Trinajstić information content (AvgIpc) is 2.73. The number of rotatable bonds is 4. The van der Waals surface area contributed by atoms with Gasteiger partial charge in [0, 0.05) is 24.0 Å². The quantitative estimate of drug-likeness (QED) is 0.813. The van der Waals surface area contributed by atoms with Gasteiger partial charge in [-0.3, -0.25) is 4.79 Å². The molecule has 0 radical (unpaired) electrons. The molecule has 0 saturated carbocycles. The minimum Gasteiger partial charge on any atom is -0.484 e. The SMILES string of the molecule is Cc1cc(C(=O)COc2ccc(C#N)cc2Cl)c(C)n1C. The highest BCUT2D eigenvalue weighted by Gasteiger charge is 2.15. The van der Waals surface area contributed by atoms with E-state index in [1.165, 1.54) is 6.07 Å². The van der Waals surface area contributed by atoms with Crippen molar-refractivity contribution in [1.29, 1.82) is 5.26 Å². The monoisotopic (exact) mass is 302 g/mol. The van der Waals surface area contributed by atoms with Gasteiger partial charge in [-0.2, -0.15) is 5.26 Å². The van der Waals surface area contributed by atoms with Crippen LogP contribution >= 0.6 is 11.6 Å². The average molecular weight is 303 g/mol. The Labute approximate surface area is 128 Å². The van der Waals surface area contributed by atoms with E-state index in [0.29, 0.717) is 21.9 Å². The van der Waals surface area contributed by atoms with Crippen LogP contribution in [0.2, 0.25) is 5.02 Å². The summed E-state index contributed by atoms with van der Waals surface area (Å²) in [6, 6.07) is 8.55. The maximum Gasteiger partial charge on any atom is 0.202 e. The molecule has 108 valence electrons. The second-order valence-electron chi connectivity index (χ2n) is 4.81. The Morgan fingerprint density at radius 1 is 1.38 bits per heavy atom. The molecule has 1 heterocycles. The maximum absolute atomic E-state index is 12.2. The number of ether oxygens (including phenoxy) is 1. The van der Waals surface area contributed by atoms with Gasteiger partial charge in [-0.05, 0) is 38.1 Å². The zero-order valence-corrected chi connectivity index (χ0v) is 12.9. The molecule has 0 aliphatic heterocycles. The standard InChI is InChI=1S/C16H15ClN2O2/c1-10-6-13(11(2)19(10)3)15(20)9-21-16-5-4-12(8-18)7-14(16)17/h4-7H,9H2,1-3H3. The fourth-order valence-corrected chi connectivity index (χ4v) is 2.28. The normalized spacial score (nSPS) is 10.2. The van der Waals surface area contributed by atoms with Gasteiger partial charge < -0.3 is 9.30 Å². The molecule has 0 spiro atoms. The molecule has 0 amide bonds. The molecule has 1 aromatic heterocycles. The Kier molecular flexibility index (Phi) is 4.35. The van der Waals surface area contributed by atoms with Crippen LogP contribution in [0, 0.1) is 25.2 Å². The van der Waals surface area contributed by atoms with Gasteiger partial charge in [0.2, 0.25) is 5.78 Å². The lowest BCUT2D eigenvalue weighted by Gasteiger charge is -2.07. The second kappa shape index (κ2) is 6.02. The predicted molar refractivity (Wildman–Crippen MR) is 80.9 cm³/mol. The molecule has 2 aromatic rings. The van der Waals surface area contributed by atoms with Crippen molar-refractivity contribution >= 4 is 17.4 Å². The summed E-state index contributed by atoms with van der Waals surface area (Å²) in [5.74, 6) is 0.297. The Morgan fingerprint density at radius 2 is 2.10 bits per heavy atom. The first-order chi connectivity index (χ1) is 9.93. The van der Waals surface area contributed by atoms with Crippen LogP contribution < -0.4 is 4.74 Å². The Bertz CT molecular complexity index is 741. The van der Waals surface area contributed by atoms with E-state index < -0.39 is 0 Å². The van der Waals surface area contributed by atoms with E-state index in [9.17, 15) is 4.79 Å². The molecule has 21 heavy (non-hydrogen) atoms. The summed E-state index contributed by atoms with van der Waals surface area (Å²) in [6.45, 7) is 3.76. The van der Waals surface area contributed by atoms with Crippen molar-refractivity contribution in [2.45, 2.75) is 13.8 Å². The van der Waals surface area contributed by atoms with Crippen LogP contribution in [0.3, 0.4) is 0 Å². The van der Waals surface area contributed by atoms with Crippen LogP contribution in [-0.4, -0.2) is 17.0 Å². The van der Waals surface area contributed by atoms with E-state index >= 15 is 0 Å². The summed E-state index contributed by atoms with van der Waals surface area (Å²) < 4.78 is 7.42. The third-order valence-corrected chi connectivity index (χ3v) is 3.79. The molecule has 0 atom stereocenters. The first-order valence-corrected chi connectivity index (χ1v) is 6.80. The van der Waals surface area contributed by atoms with Crippen molar-refractivity contribution in [1.82, 2.24) is 4.57 Å². The highest BCUT2D eigenvalue weighted by atomic mass is 35.5. The summed E-state index contributed by atoms with van der Waals surface area (Å²) in [6.07, 6.45) is 0. The van der Waals surface area contributed by atoms with Gasteiger partial charge in [-0.1, -0.05) is 11.6 Å².